The molecule has 0 unspecified atom stereocenters. The Morgan fingerprint density at radius 3 is 2.43 bits per heavy atom. The molecule has 0 aliphatic carbocycles. The van der Waals surface area contributed by atoms with Crippen molar-refractivity contribution in [2.75, 3.05) is 18.0 Å². The van der Waals surface area contributed by atoms with E-state index in [1.165, 1.54) is 18.2 Å². The number of aromatic nitrogens is 2. The standard InChI is InChI=1S/C16H15F3N3O/c17-16(18,19)12-10-11(13-5-7-15(23)21-20-13)4-6-14(12)22-8-2-1-3-9-22/h1,4-7,10H,2-3,8-9H2,(H,21,23). The summed E-state index contributed by atoms with van der Waals surface area (Å²) in [6.07, 6.45) is -0.807. The summed E-state index contributed by atoms with van der Waals surface area (Å²) in [5.74, 6) is 0. The number of nitrogens with zero attached hydrogens (tertiary/aromatic N) is 2. The lowest BCUT2D eigenvalue weighted by Gasteiger charge is -2.31. The summed E-state index contributed by atoms with van der Waals surface area (Å²) < 4.78 is 40.4. The van der Waals surface area contributed by atoms with E-state index in [4.69, 9.17) is 0 Å². The van der Waals surface area contributed by atoms with Crippen LogP contribution >= 0.6 is 0 Å². The molecule has 1 aliphatic heterocycles. The van der Waals surface area contributed by atoms with Gasteiger partial charge in [-0.3, -0.25) is 4.79 Å². The highest BCUT2D eigenvalue weighted by molar-refractivity contribution is 5.67. The molecule has 0 atom stereocenters. The maximum Gasteiger partial charge on any atom is 0.418 e. The Bertz CT molecular complexity index is 728. The van der Waals surface area contributed by atoms with Crippen LogP contribution < -0.4 is 10.5 Å². The summed E-state index contributed by atoms with van der Waals surface area (Å²) in [4.78, 5) is 12.8. The molecule has 3 rings (SSSR count). The largest absolute Gasteiger partial charge is 0.418 e. The fraction of sp³-hybridized carbons (Fsp3) is 0.312. The van der Waals surface area contributed by atoms with Crippen LogP contribution in [0.15, 0.2) is 35.1 Å². The number of piperidine rings is 1. The number of anilines is 1. The quantitative estimate of drug-likeness (QED) is 0.923. The molecule has 1 radical (unpaired) electrons. The number of nitrogens with one attached hydrogen (secondary N) is 1. The third-order valence-electron chi connectivity index (χ3n) is 3.82. The minimum Gasteiger partial charge on any atom is -0.371 e. The zero-order valence-electron chi connectivity index (χ0n) is 12.2. The Balaban J connectivity index is 2.04. The topological polar surface area (TPSA) is 49.0 Å². The summed E-state index contributed by atoms with van der Waals surface area (Å²) in [7, 11) is 0. The summed E-state index contributed by atoms with van der Waals surface area (Å²) in [6, 6.07) is 6.82. The zero-order valence-corrected chi connectivity index (χ0v) is 12.2. The van der Waals surface area contributed by atoms with Crippen molar-refractivity contribution in [3.05, 3.63) is 52.7 Å². The third-order valence-corrected chi connectivity index (χ3v) is 3.82. The number of rotatable bonds is 2. The van der Waals surface area contributed by atoms with Crippen molar-refractivity contribution in [1.82, 2.24) is 10.2 Å². The number of benzene rings is 1. The second kappa shape index (κ2) is 6.06. The van der Waals surface area contributed by atoms with Crippen LogP contribution in [0.1, 0.15) is 18.4 Å². The van der Waals surface area contributed by atoms with Crippen molar-refractivity contribution in [3.8, 4) is 11.3 Å². The molecule has 0 saturated carbocycles. The lowest BCUT2D eigenvalue weighted by molar-refractivity contribution is -0.137. The van der Waals surface area contributed by atoms with E-state index in [1.807, 2.05) is 0 Å². The van der Waals surface area contributed by atoms with Crippen molar-refractivity contribution in [3.63, 3.8) is 0 Å². The van der Waals surface area contributed by atoms with Crippen LogP contribution in [-0.2, 0) is 6.18 Å². The van der Waals surface area contributed by atoms with Crippen LogP contribution in [0.2, 0.25) is 0 Å². The van der Waals surface area contributed by atoms with Crippen LogP contribution in [0.25, 0.3) is 11.3 Å². The third kappa shape index (κ3) is 3.38. The molecule has 23 heavy (non-hydrogen) atoms. The minimum absolute atomic E-state index is 0.193. The van der Waals surface area contributed by atoms with Crippen LogP contribution in [0.4, 0.5) is 18.9 Å². The molecule has 0 amide bonds. The van der Waals surface area contributed by atoms with E-state index in [0.29, 0.717) is 24.3 Å². The number of halogens is 3. The van der Waals surface area contributed by atoms with Crippen LogP contribution in [0.3, 0.4) is 0 Å². The van der Waals surface area contributed by atoms with E-state index in [0.717, 1.165) is 18.9 Å². The van der Waals surface area contributed by atoms with E-state index < -0.39 is 17.3 Å². The van der Waals surface area contributed by atoms with Gasteiger partial charge in [0.1, 0.15) is 0 Å². The van der Waals surface area contributed by atoms with Gasteiger partial charge in [0, 0.05) is 30.4 Å². The number of H-pyrrole nitrogens is 1. The van der Waals surface area contributed by atoms with Crippen molar-refractivity contribution in [1.29, 1.82) is 0 Å². The van der Waals surface area contributed by atoms with Gasteiger partial charge in [-0.2, -0.15) is 18.3 Å². The van der Waals surface area contributed by atoms with E-state index in [-0.39, 0.29) is 5.69 Å². The smallest absolute Gasteiger partial charge is 0.371 e. The number of alkyl halides is 3. The predicted molar refractivity (Wildman–Crippen MR) is 81.0 cm³/mol. The molecule has 1 aliphatic rings. The van der Waals surface area contributed by atoms with Crippen LogP contribution in [0, 0.1) is 6.42 Å². The molecule has 1 aromatic carbocycles. The second-order valence-electron chi connectivity index (χ2n) is 5.39. The summed E-state index contributed by atoms with van der Waals surface area (Å²) in [5, 5.41) is 6.02. The first-order chi connectivity index (χ1) is 10.9. The molecule has 1 N–H and O–H groups in total. The van der Waals surface area contributed by atoms with Gasteiger partial charge in [-0.25, -0.2) is 5.10 Å². The Hall–Kier alpha value is -2.31. The van der Waals surface area contributed by atoms with E-state index >= 15 is 0 Å². The van der Waals surface area contributed by atoms with Gasteiger partial charge < -0.3 is 4.90 Å². The Kier molecular flexibility index (Phi) is 4.11. The average Bonchev–Trinajstić information content (AvgIpc) is 2.55. The number of aromatic amines is 1. The van der Waals surface area contributed by atoms with Crippen LogP contribution in [0.5, 0.6) is 0 Å². The van der Waals surface area contributed by atoms with Gasteiger partial charge in [-0.05, 0) is 37.5 Å². The SMILES string of the molecule is O=c1ccc(-c2ccc(N3CC[CH]CC3)c(C(F)(F)F)c2)n[nH]1. The molecule has 1 saturated heterocycles. The summed E-state index contributed by atoms with van der Waals surface area (Å²) in [5.41, 5.74) is -0.260. The molecule has 2 heterocycles. The highest BCUT2D eigenvalue weighted by atomic mass is 19.4. The lowest BCUT2D eigenvalue weighted by atomic mass is 10.0. The molecule has 7 heteroatoms. The molecular weight excluding hydrogens is 307 g/mol. The molecule has 1 aromatic heterocycles. The van der Waals surface area contributed by atoms with Gasteiger partial charge in [0.05, 0.1) is 11.3 Å². The molecular formula is C16H15F3N3O. The maximum atomic E-state index is 13.5. The number of hydrogen-bond donors (Lipinski definition) is 1. The van der Waals surface area contributed by atoms with Crippen LogP contribution in [-0.4, -0.2) is 23.3 Å². The molecule has 2 aromatic rings. The zero-order chi connectivity index (χ0) is 16.4. The molecule has 1 fully saturated rings. The minimum atomic E-state index is -4.45. The fourth-order valence-electron chi connectivity index (χ4n) is 2.69. The van der Waals surface area contributed by atoms with Gasteiger partial charge in [0.25, 0.3) is 5.56 Å². The first kappa shape index (κ1) is 15.6. The van der Waals surface area contributed by atoms with E-state index in [2.05, 4.69) is 16.6 Å². The lowest BCUT2D eigenvalue weighted by Crippen LogP contribution is -2.31. The predicted octanol–water partition coefficient (Wildman–Crippen LogP) is 3.26. The van der Waals surface area contributed by atoms with Crippen molar-refractivity contribution in [2.24, 2.45) is 0 Å². The van der Waals surface area contributed by atoms with Crippen molar-refractivity contribution >= 4 is 5.69 Å². The van der Waals surface area contributed by atoms with Gasteiger partial charge in [-0.1, -0.05) is 6.07 Å². The maximum absolute atomic E-state index is 13.5. The summed E-state index contributed by atoms with van der Waals surface area (Å²) >= 11 is 0. The number of hydrogen-bond acceptors (Lipinski definition) is 3. The summed E-state index contributed by atoms with van der Waals surface area (Å²) in [6.45, 7) is 1.17. The average molecular weight is 322 g/mol. The van der Waals surface area contributed by atoms with Crippen molar-refractivity contribution < 1.29 is 13.2 Å². The highest BCUT2D eigenvalue weighted by Crippen LogP contribution is 2.39. The van der Waals surface area contributed by atoms with Gasteiger partial charge in [0.2, 0.25) is 0 Å². The highest BCUT2D eigenvalue weighted by Gasteiger charge is 2.35. The first-order valence-electron chi connectivity index (χ1n) is 7.29. The molecule has 0 spiro atoms. The Morgan fingerprint density at radius 2 is 1.83 bits per heavy atom. The fourth-order valence-corrected chi connectivity index (χ4v) is 2.69. The van der Waals surface area contributed by atoms with Crippen molar-refractivity contribution in [2.45, 2.75) is 19.0 Å². The second-order valence-corrected chi connectivity index (χ2v) is 5.39. The van der Waals surface area contributed by atoms with Gasteiger partial charge in [-0.15, -0.1) is 0 Å². The van der Waals surface area contributed by atoms with Gasteiger partial charge in [0.15, 0.2) is 0 Å². The monoisotopic (exact) mass is 322 g/mol. The molecule has 0 bridgehead atoms. The Morgan fingerprint density at radius 1 is 1.09 bits per heavy atom. The Labute approximate surface area is 130 Å². The normalized spacial score (nSPS) is 15.7. The first-order valence-corrected chi connectivity index (χ1v) is 7.29. The molecule has 121 valence electrons. The van der Waals surface area contributed by atoms with Gasteiger partial charge >= 0.3 is 6.18 Å². The van der Waals surface area contributed by atoms with E-state index in [9.17, 15) is 18.0 Å². The molecule has 4 nitrogen and oxygen atoms in total. The van der Waals surface area contributed by atoms with E-state index in [1.54, 1.807) is 11.0 Å².